The molecule has 0 saturated carbocycles. The number of aromatic nitrogens is 3. The molecule has 1 aromatic heterocycles. The van der Waals surface area contributed by atoms with Gasteiger partial charge in [0.15, 0.2) is 5.82 Å². The Balaban J connectivity index is 1.98. The summed E-state index contributed by atoms with van der Waals surface area (Å²) in [4.78, 5) is 12.1. The number of ether oxygens (including phenoxy) is 1. The Morgan fingerprint density at radius 1 is 1.39 bits per heavy atom. The minimum Gasteiger partial charge on any atom is -0.491 e. The van der Waals surface area contributed by atoms with Crippen LogP contribution in [0.2, 0.25) is 5.02 Å². The molecule has 0 unspecified atom stereocenters. The Bertz CT molecular complexity index is 659. The third-order valence-electron chi connectivity index (χ3n) is 3.09. The smallest absolute Gasteiger partial charge is 0.319 e. The van der Waals surface area contributed by atoms with Crippen molar-refractivity contribution < 1.29 is 9.53 Å². The second kappa shape index (κ2) is 8.38. The van der Waals surface area contributed by atoms with Crippen LogP contribution in [0.1, 0.15) is 26.1 Å². The predicted octanol–water partition coefficient (Wildman–Crippen LogP) is 3.06. The van der Waals surface area contributed by atoms with Crippen LogP contribution in [0.3, 0.4) is 0 Å². The van der Waals surface area contributed by atoms with Gasteiger partial charge in [-0.2, -0.15) is 0 Å². The summed E-state index contributed by atoms with van der Waals surface area (Å²) in [5.74, 6) is 1.28. The highest BCUT2D eigenvalue weighted by Crippen LogP contribution is 2.28. The van der Waals surface area contributed by atoms with E-state index in [1.807, 2.05) is 18.4 Å². The first-order valence-electron chi connectivity index (χ1n) is 7.48. The van der Waals surface area contributed by atoms with Crippen LogP contribution in [0.4, 0.5) is 10.5 Å². The third kappa shape index (κ3) is 4.85. The van der Waals surface area contributed by atoms with Crippen molar-refractivity contribution in [3.8, 4) is 5.75 Å². The molecule has 1 aromatic carbocycles. The molecule has 0 fully saturated rings. The summed E-state index contributed by atoms with van der Waals surface area (Å²) in [6, 6.07) is 4.75. The Morgan fingerprint density at radius 3 is 2.96 bits per heavy atom. The monoisotopic (exact) mass is 337 g/mol. The molecule has 0 spiro atoms. The number of rotatable bonds is 7. The summed E-state index contributed by atoms with van der Waals surface area (Å²) in [7, 11) is 0. The lowest BCUT2D eigenvalue weighted by Gasteiger charge is -2.13. The molecule has 2 amide bonds. The molecule has 0 radical (unpaired) electrons. The van der Waals surface area contributed by atoms with E-state index in [9.17, 15) is 4.79 Å². The first kappa shape index (κ1) is 17.1. The first-order valence-corrected chi connectivity index (χ1v) is 7.85. The van der Waals surface area contributed by atoms with E-state index in [0.717, 1.165) is 13.0 Å². The van der Waals surface area contributed by atoms with Crippen LogP contribution < -0.4 is 15.4 Å². The summed E-state index contributed by atoms with van der Waals surface area (Å²) in [5, 5.41) is 13.8. The lowest BCUT2D eigenvalue weighted by Crippen LogP contribution is -2.29. The van der Waals surface area contributed by atoms with E-state index in [4.69, 9.17) is 16.3 Å². The van der Waals surface area contributed by atoms with Crippen molar-refractivity contribution in [2.75, 3.05) is 11.9 Å². The standard InChI is InChI=1S/C15H20ClN5O2/c1-3-7-23-13-6-5-11(16)8-12(13)19-15(22)17-9-14-20-18-10-21(14)4-2/h5-6,8,10H,3-4,7,9H2,1-2H3,(H2,17,19,22). The van der Waals surface area contributed by atoms with Crippen LogP contribution >= 0.6 is 11.6 Å². The minimum atomic E-state index is -0.362. The average Bonchev–Trinajstić information content (AvgIpc) is 3.00. The maximum atomic E-state index is 12.1. The number of carbonyl (C=O) groups excluding carboxylic acids is 1. The maximum Gasteiger partial charge on any atom is 0.319 e. The number of nitrogens with one attached hydrogen (secondary N) is 2. The van der Waals surface area contributed by atoms with E-state index in [2.05, 4.69) is 20.8 Å². The van der Waals surface area contributed by atoms with Crippen molar-refractivity contribution in [3.63, 3.8) is 0 Å². The molecule has 23 heavy (non-hydrogen) atoms. The Morgan fingerprint density at radius 2 is 2.22 bits per heavy atom. The van der Waals surface area contributed by atoms with Crippen LogP contribution in [-0.2, 0) is 13.1 Å². The highest BCUT2D eigenvalue weighted by Gasteiger charge is 2.10. The molecule has 8 heteroatoms. The normalized spacial score (nSPS) is 10.4. The third-order valence-corrected chi connectivity index (χ3v) is 3.33. The Hall–Kier alpha value is -2.28. The highest BCUT2D eigenvalue weighted by molar-refractivity contribution is 6.31. The zero-order valence-corrected chi connectivity index (χ0v) is 13.9. The van der Waals surface area contributed by atoms with E-state index in [1.165, 1.54) is 0 Å². The van der Waals surface area contributed by atoms with Crippen LogP contribution in [0.15, 0.2) is 24.5 Å². The largest absolute Gasteiger partial charge is 0.491 e. The van der Waals surface area contributed by atoms with Gasteiger partial charge in [0, 0.05) is 11.6 Å². The van der Waals surface area contributed by atoms with E-state index in [0.29, 0.717) is 28.9 Å². The van der Waals surface area contributed by atoms with Crippen LogP contribution in [0.5, 0.6) is 5.75 Å². The van der Waals surface area contributed by atoms with Gasteiger partial charge in [0.1, 0.15) is 12.1 Å². The van der Waals surface area contributed by atoms with Gasteiger partial charge in [-0.05, 0) is 31.5 Å². The molecule has 2 aromatic rings. The molecule has 7 nitrogen and oxygen atoms in total. The lowest BCUT2D eigenvalue weighted by atomic mass is 10.3. The first-order chi connectivity index (χ1) is 11.1. The zero-order chi connectivity index (χ0) is 16.7. The second-order valence-electron chi connectivity index (χ2n) is 4.83. The lowest BCUT2D eigenvalue weighted by molar-refractivity contribution is 0.251. The number of urea groups is 1. The highest BCUT2D eigenvalue weighted by atomic mass is 35.5. The molecule has 0 atom stereocenters. The van der Waals surface area contributed by atoms with Gasteiger partial charge in [0.25, 0.3) is 0 Å². The zero-order valence-electron chi connectivity index (χ0n) is 13.2. The summed E-state index contributed by atoms with van der Waals surface area (Å²) >= 11 is 5.98. The van der Waals surface area contributed by atoms with E-state index in [-0.39, 0.29) is 12.6 Å². The molecule has 0 aliphatic rings. The number of halogens is 1. The maximum absolute atomic E-state index is 12.1. The number of carbonyl (C=O) groups is 1. The molecule has 2 N–H and O–H groups in total. The van der Waals surface area contributed by atoms with Gasteiger partial charge < -0.3 is 19.9 Å². The van der Waals surface area contributed by atoms with Gasteiger partial charge in [0.2, 0.25) is 0 Å². The van der Waals surface area contributed by atoms with Gasteiger partial charge in [0.05, 0.1) is 18.8 Å². The Labute approximate surface area is 140 Å². The van der Waals surface area contributed by atoms with Crippen molar-refractivity contribution in [1.29, 1.82) is 0 Å². The molecule has 0 aliphatic carbocycles. The SMILES string of the molecule is CCCOc1ccc(Cl)cc1NC(=O)NCc1nncn1CC. The molecule has 124 valence electrons. The molecule has 0 bridgehead atoms. The number of anilines is 1. The molecule has 0 saturated heterocycles. The summed E-state index contributed by atoms with van der Waals surface area (Å²) < 4.78 is 7.46. The van der Waals surface area contributed by atoms with Gasteiger partial charge in [-0.1, -0.05) is 18.5 Å². The molecular formula is C15H20ClN5O2. The number of hydrogen-bond donors (Lipinski definition) is 2. The van der Waals surface area contributed by atoms with Gasteiger partial charge in [-0.3, -0.25) is 0 Å². The quantitative estimate of drug-likeness (QED) is 0.813. The van der Waals surface area contributed by atoms with E-state index >= 15 is 0 Å². The van der Waals surface area contributed by atoms with E-state index < -0.39 is 0 Å². The van der Waals surface area contributed by atoms with Gasteiger partial charge >= 0.3 is 6.03 Å². The van der Waals surface area contributed by atoms with Crippen LogP contribution in [-0.4, -0.2) is 27.4 Å². The van der Waals surface area contributed by atoms with Gasteiger partial charge in [-0.25, -0.2) is 4.79 Å². The second-order valence-corrected chi connectivity index (χ2v) is 5.27. The molecule has 1 heterocycles. The van der Waals surface area contributed by atoms with Crippen molar-refractivity contribution in [2.24, 2.45) is 0 Å². The predicted molar refractivity (Wildman–Crippen MR) is 88.8 cm³/mol. The van der Waals surface area contributed by atoms with Crippen molar-refractivity contribution in [2.45, 2.75) is 33.4 Å². The fourth-order valence-electron chi connectivity index (χ4n) is 1.94. The Kier molecular flexibility index (Phi) is 6.22. The number of benzene rings is 1. The fraction of sp³-hybridized carbons (Fsp3) is 0.400. The molecule has 2 rings (SSSR count). The summed E-state index contributed by atoms with van der Waals surface area (Å²) in [6.07, 6.45) is 2.50. The number of nitrogens with zero attached hydrogens (tertiary/aromatic N) is 3. The number of amides is 2. The number of aryl methyl sites for hydroxylation is 1. The van der Waals surface area contributed by atoms with Crippen LogP contribution in [0, 0.1) is 0 Å². The summed E-state index contributed by atoms with van der Waals surface area (Å²) in [5.41, 5.74) is 0.528. The van der Waals surface area contributed by atoms with Crippen molar-refractivity contribution in [1.82, 2.24) is 20.1 Å². The minimum absolute atomic E-state index is 0.283. The van der Waals surface area contributed by atoms with E-state index in [1.54, 1.807) is 24.5 Å². The van der Waals surface area contributed by atoms with Crippen molar-refractivity contribution >= 4 is 23.3 Å². The molecular weight excluding hydrogens is 318 g/mol. The van der Waals surface area contributed by atoms with Gasteiger partial charge in [-0.15, -0.1) is 10.2 Å². The number of hydrogen-bond acceptors (Lipinski definition) is 4. The topological polar surface area (TPSA) is 81.1 Å². The summed E-state index contributed by atoms with van der Waals surface area (Å²) in [6.45, 7) is 5.59. The van der Waals surface area contributed by atoms with Crippen molar-refractivity contribution in [3.05, 3.63) is 35.4 Å². The average molecular weight is 338 g/mol. The van der Waals surface area contributed by atoms with Crippen LogP contribution in [0.25, 0.3) is 0 Å². The molecule has 0 aliphatic heterocycles. The fourth-order valence-corrected chi connectivity index (χ4v) is 2.12.